The van der Waals surface area contributed by atoms with Gasteiger partial charge < -0.3 is 20.3 Å². The lowest BCUT2D eigenvalue weighted by atomic mass is 10.2. The van der Waals surface area contributed by atoms with Crippen molar-refractivity contribution in [1.29, 1.82) is 0 Å². The SMILES string of the molecule is CC(O)CCCNCC(O)COCC1CC1. The highest BCUT2D eigenvalue weighted by Crippen LogP contribution is 2.28. The van der Waals surface area contributed by atoms with Gasteiger partial charge in [-0.3, -0.25) is 0 Å². The van der Waals surface area contributed by atoms with Crippen LogP contribution in [0.2, 0.25) is 0 Å². The fourth-order valence-electron chi connectivity index (χ4n) is 1.51. The highest BCUT2D eigenvalue weighted by atomic mass is 16.5. The maximum atomic E-state index is 9.55. The fourth-order valence-corrected chi connectivity index (χ4v) is 1.51. The molecule has 0 aromatic carbocycles. The average Bonchev–Trinajstić information content (AvgIpc) is 3.00. The van der Waals surface area contributed by atoms with Gasteiger partial charge >= 0.3 is 0 Å². The summed E-state index contributed by atoms with van der Waals surface area (Å²) in [5.41, 5.74) is 0. The van der Waals surface area contributed by atoms with E-state index in [9.17, 15) is 5.11 Å². The first kappa shape index (κ1) is 13.9. The van der Waals surface area contributed by atoms with Gasteiger partial charge in [-0.1, -0.05) is 0 Å². The summed E-state index contributed by atoms with van der Waals surface area (Å²) >= 11 is 0. The van der Waals surface area contributed by atoms with E-state index in [1.807, 2.05) is 0 Å². The van der Waals surface area contributed by atoms with E-state index in [0.29, 0.717) is 13.2 Å². The zero-order valence-electron chi connectivity index (χ0n) is 10.2. The minimum Gasteiger partial charge on any atom is -0.393 e. The van der Waals surface area contributed by atoms with Crippen molar-refractivity contribution in [2.75, 3.05) is 26.3 Å². The van der Waals surface area contributed by atoms with Crippen LogP contribution in [0.4, 0.5) is 0 Å². The Morgan fingerprint density at radius 1 is 1.38 bits per heavy atom. The normalized spacial score (nSPS) is 19.7. The van der Waals surface area contributed by atoms with Crippen molar-refractivity contribution >= 4 is 0 Å². The second kappa shape index (κ2) is 8.01. The summed E-state index contributed by atoms with van der Waals surface area (Å²) in [5, 5.41) is 21.7. The molecule has 0 aliphatic heterocycles. The number of ether oxygens (including phenoxy) is 1. The third-order valence-corrected chi connectivity index (χ3v) is 2.72. The van der Waals surface area contributed by atoms with Crippen LogP contribution in [0.25, 0.3) is 0 Å². The summed E-state index contributed by atoms with van der Waals surface area (Å²) in [6.07, 6.45) is 3.68. The highest BCUT2D eigenvalue weighted by Gasteiger charge is 2.21. The van der Waals surface area contributed by atoms with Crippen LogP contribution in [-0.4, -0.2) is 48.7 Å². The molecule has 2 unspecified atom stereocenters. The third kappa shape index (κ3) is 8.05. The molecule has 0 heterocycles. The Hall–Kier alpha value is -0.160. The van der Waals surface area contributed by atoms with Crippen molar-refractivity contribution in [2.45, 2.75) is 44.8 Å². The molecule has 4 nitrogen and oxygen atoms in total. The number of rotatable bonds is 10. The van der Waals surface area contributed by atoms with E-state index >= 15 is 0 Å². The summed E-state index contributed by atoms with van der Waals surface area (Å²) in [4.78, 5) is 0. The van der Waals surface area contributed by atoms with Crippen LogP contribution >= 0.6 is 0 Å². The zero-order valence-corrected chi connectivity index (χ0v) is 10.2. The Morgan fingerprint density at radius 2 is 2.12 bits per heavy atom. The van der Waals surface area contributed by atoms with E-state index in [0.717, 1.165) is 31.9 Å². The third-order valence-electron chi connectivity index (χ3n) is 2.72. The van der Waals surface area contributed by atoms with Gasteiger partial charge in [-0.2, -0.15) is 0 Å². The summed E-state index contributed by atoms with van der Waals surface area (Å²) in [6.45, 7) is 4.44. The smallest absolute Gasteiger partial charge is 0.0897 e. The van der Waals surface area contributed by atoms with E-state index in [2.05, 4.69) is 5.32 Å². The molecule has 0 bridgehead atoms. The average molecular weight is 231 g/mol. The van der Waals surface area contributed by atoms with E-state index in [1.165, 1.54) is 12.8 Å². The number of hydrogen-bond acceptors (Lipinski definition) is 4. The molecule has 16 heavy (non-hydrogen) atoms. The Kier molecular flexibility index (Phi) is 6.96. The lowest BCUT2D eigenvalue weighted by Gasteiger charge is -2.12. The van der Waals surface area contributed by atoms with Crippen LogP contribution in [0.3, 0.4) is 0 Å². The number of nitrogens with one attached hydrogen (secondary N) is 1. The topological polar surface area (TPSA) is 61.7 Å². The van der Waals surface area contributed by atoms with Crippen LogP contribution in [-0.2, 0) is 4.74 Å². The molecule has 4 heteroatoms. The second-order valence-corrected chi connectivity index (χ2v) is 4.83. The van der Waals surface area contributed by atoms with E-state index < -0.39 is 6.10 Å². The van der Waals surface area contributed by atoms with Crippen molar-refractivity contribution in [2.24, 2.45) is 5.92 Å². The minimum atomic E-state index is -0.412. The molecule has 0 radical (unpaired) electrons. The van der Waals surface area contributed by atoms with Gasteiger partial charge in [0.1, 0.15) is 0 Å². The molecular formula is C12H25NO3. The van der Waals surface area contributed by atoms with Crippen molar-refractivity contribution < 1.29 is 14.9 Å². The number of aliphatic hydroxyl groups is 2. The van der Waals surface area contributed by atoms with Gasteiger partial charge in [-0.05, 0) is 45.1 Å². The van der Waals surface area contributed by atoms with Crippen molar-refractivity contribution in [3.8, 4) is 0 Å². The molecule has 0 aromatic heterocycles. The fraction of sp³-hybridized carbons (Fsp3) is 1.00. The van der Waals surface area contributed by atoms with E-state index in [-0.39, 0.29) is 6.10 Å². The van der Waals surface area contributed by atoms with Crippen LogP contribution in [0, 0.1) is 5.92 Å². The summed E-state index contributed by atoms with van der Waals surface area (Å²) in [5.74, 6) is 0.756. The molecule has 0 amide bonds. The van der Waals surface area contributed by atoms with Crippen LogP contribution < -0.4 is 5.32 Å². The summed E-state index contributed by atoms with van der Waals surface area (Å²) < 4.78 is 5.38. The molecule has 1 rings (SSSR count). The molecule has 0 saturated heterocycles. The Morgan fingerprint density at radius 3 is 2.75 bits per heavy atom. The monoisotopic (exact) mass is 231 g/mol. The molecule has 96 valence electrons. The largest absolute Gasteiger partial charge is 0.393 e. The first-order valence-electron chi connectivity index (χ1n) is 6.33. The summed E-state index contributed by atoms with van der Waals surface area (Å²) in [6, 6.07) is 0. The number of aliphatic hydroxyl groups excluding tert-OH is 2. The maximum absolute atomic E-state index is 9.55. The maximum Gasteiger partial charge on any atom is 0.0897 e. The molecular weight excluding hydrogens is 206 g/mol. The second-order valence-electron chi connectivity index (χ2n) is 4.83. The zero-order chi connectivity index (χ0) is 11.8. The van der Waals surface area contributed by atoms with Crippen molar-refractivity contribution in [1.82, 2.24) is 5.32 Å². The minimum absolute atomic E-state index is 0.228. The first-order valence-corrected chi connectivity index (χ1v) is 6.33. The predicted molar refractivity (Wildman–Crippen MR) is 63.3 cm³/mol. The Balaban J connectivity index is 1.79. The predicted octanol–water partition coefficient (Wildman–Crippen LogP) is 0.524. The molecule has 0 aromatic rings. The van der Waals surface area contributed by atoms with E-state index in [1.54, 1.807) is 6.92 Å². The van der Waals surface area contributed by atoms with Crippen LogP contribution in [0.5, 0.6) is 0 Å². The molecule has 2 atom stereocenters. The Labute approximate surface area is 98.0 Å². The van der Waals surface area contributed by atoms with Gasteiger partial charge in [-0.25, -0.2) is 0 Å². The van der Waals surface area contributed by atoms with Crippen LogP contribution in [0.1, 0.15) is 32.6 Å². The number of hydrogen-bond donors (Lipinski definition) is 3. The molecule has 1 saturated carbocycles. The lowest BCUT2D eigenvalue weighted by molar-refractivity contribution is 0.0325. The van der Waals surface area contributed by atoms with Crippen LogP contribution in [0.15, 0.2) is 0 Å². The van der Waals surface area contributed by atoms with Gasteiger partial charge in [0.2, 0.25) is 0 Å². The molecule has 1 aliphatic rings. The van der Waals surface area contributed by atoms with Gasteiger partial charge in [0.15, 0.2) is 0 Å². The first-order chi connectivity index (χ1) is 7.68. The van der Waals surface area contributed by atoms with Gasteiger partial charge in [0.05, 0.1) is 18.8 Å². The van der Waals surface area contributed by atoms with E-state index in [4.69, 9.17) is 9.84 Å². The van der Waals surface area contributed by atoms with Gasteiger partial charge in [0, 0.05) is 13.2 Å². The molecule has 1 aliphatic carbocycles. The van der Waals surface area contributed by atoms with Crippen molar-refractivity contribution in [3.05, 3.63) is 0 Å². The Bertz CT molecular complexity index is 172. The molecule has 0 spiro atoms. The van der Waals surface area contributed by atoms with Crippen molar-refractivity contribution in [3.63, 3.8) is 0 Å². The highest BCUT2D eigenvalue weighted by molar-refractivity contribution is 4.72. The quantitative estimate of drug-likeness (QED) is 0.480. The molecule has 1 fully saturated rings. The lowest BCUT2D eigenvalue weighted by Crippen LogP contribution is -2.31. The van der Waals surface area contributed by atoms with Gasteiger partial charge in [-0.15, -0.1) is 0 Å². The molecule has 3 N–H and O–H groups in total. The standard InChI is InChI=1S/C12H25NO3/c1-10(14)3-2-6-13-7-12(15)9-16-8-11-4-5-11/h10-15H,2-9H2,1H3. The summed E-state index contributed by atoms with van der Waals surface area (Å²) in [7, 11) is 0. The van der Waals surface area contributed by atoms with Gasteiger partial charge in [0.25, 0.3) is 0 Å².